The highest BCUT2D eigenvalue weighted by atomic mass is 16.5. The van der Waals surface area contributed by atoms with Crippen LogP contribution in [0, 0.1) is 6.92 Å². The van der Waals surface area contributed by atoms with Crippen molar-refractivity contribution in [3.8, 4) is 11.5 Å². The molecule has 1 aromatic heterocycles. The topological polar surface area (TPSA) is 85.4 Å². The van der Waals surface area contributed by atoms with Gasteiger partial charge < -0.3 is 20.1 Å². The number of hydrogen-bond acceptors (Lipinski definition) is 6. The Morgan fingerprint density at radius 3 is 2.28 bits per heavy atom. The van der Waals surface area contributed by atoms with E-state index in [1.165, 1.54) is 18.0 Å². The van der Waals surface area contributed by atoms with Crippen molar-refractivity contribution in [3.63, 3.8) is 0 Å². The van der Waals surface area contributed by atoms with Crippen molar-refractivity contribution in [2.75, 3.05) is 25.6 Å². The van der Waals surface area contributed by atoms with E-state index in [4.69, 9.17) is 9.47 Å². The first kappa shape index (κ1) is 20.1. The van der Waals surface area contributed by atoms with Gasteiger partial charge in [0.25, 0.3) is 5.91 Å². The second-order valence-corrected chi connectivity index (χ2v) is 6.41. The van der Waals surface area contributed by atoms with Gasteiger partial charge in [-0.25, -0.2) is 9.97 Å². The van der Waals surface area contributed by atoms with Crippen LogP contribution >= 0.6 is 0 Å². The van der Waals surface area contributed by atoms with Crippen LogP contribution in [0.5, 0.6) is 11.5 Å². The highest BCUT2D eigenvalue weighted by molar-refractivity contribution is 5.93. The van der Waals surface area contributed by atoms with Crippen molar-refractivity contribution in [2.45, 2.75) is 13.5 Å². The van der Waals surface area contributed by atoms with E-state index in [0.29, 0.717) is 31.2 Å². The molecule has 1 heterocycles. The number of carbonyl (C=O) groups is 1. The third-order valence-electron chi connectivity index (χ3n) is 4.20. The first-order valence-electron chi connectivity index (χ1n) is 9.30. The summed E-state index contributed by atoms with van der Waals surface area (Å²) in [5, 5.41) is 5.93. The first-order valence-corrected chi connectivity index (χ1v) is 9.30. The van der Waals surface area contributed by atoms with E-state index in [1.54, 1.807) is 7.11 Å². The van der Waals surface area contributed by atoms with Crippen LogP contribution in [0.1, 0.15) is 21.5 Å². The van der Waals surface area contributed by atoms with Gasteiger partial charge in [0, 0.05) is 18.9 Å². The van der Waals surface area contributed by atoms with Crippen LogP contribution in [-0.2, 0) is 6.54 Å². The Labute approximate surface area is 170 Å². The molecule has 0 unspecified atom stereocenters. The van der Waals surface area contributed by atoms with Gasteiger partial charge >= 0.3 is 0 Å². The summed E-state index contributed by atoms with van der Waals surface area (Å²) in [6.45, 7) is 3.47. The number of hydrogen-bond donors (Lipinski definition) is 2. The summed E-state index contributed by atoms with van der Waals surface area (Å²) < 4.78 is 10.7. The summed E-state index contributed by atoms with van der Waals surface area (Å²) in [7, 11) is 1.62. The number of ether oxygens (including phenoxy) is 2. The molecule has 0 bridgehead atoms. The Morgan fingerprint density at radius 1 is 0.966 bits per heavy atom. The monoisotopic (exact) mass is 392 g/mol. The van der Waals surface area contributed by atoms with Crippen molar-refractivity contribution < 1.29 is 14.3 Å². The molecular formula is C22H24N4O3. The molecule has 0 aliphatic rings. The minimum Gasteiger partial charge on any atom is -0.497 e. The largest absolute Gasteiger partial charge is 0.497 e. The number of carbonyl (C=O) groups excluding carboxylic acids is 1. The summed E-state index contributed by atoms with van der Waals surface area (Å²) in [4.78, 5) is 20.6. The van der Waals surface area contributed by atoms with Crippen molar-refractivity contribution in [1.82, 2.24) is 15.3 Å². The Balaban J connectivity index is 1.40. The molecule has 0 saturated heterocycles. The zero-order valence-corrected chi connectivity index (χ0v) is 16.5. The second-order valence-electron chi connectivity index (χ2n) is 6.41. The van der Waals surface area contributed by atoms with Gasteiger partial charge in [-0.1, -0.05) is 29.8 Å². The fourth-order valence-corrected chi connectivity index (χ4v) is 2.53. The quantitative estimate of drug-likeness (QED) is 0.544. The summed E-state index contributed by atoms with van der Waals surface area (Å²) in [6, 6.07) is 15.4. The highest BCUT2D eigenvalue weighted by Gasteiger charge is 2.07. The molecule has 1 amide bonds. The summed E-state index contributed by atoms with van der Waals surface area (Å²) in [6.07, 6.45) is 3.01. The third kappa shape index (κ3) is 6.21. The van der Waals surface area contributed by atoms with Crippen LogP contribution in [0.3, 0.4) is 0 Å². The van der Waals surface area contributed by atoms with Crippen molar-refractivity contribution in [3.05, 3.63) is 77.6 Å². The number of anilines is 1. The van der Waals surface area contributed by atoms with E-state index in [0.717, 1.165) is 17.1 Å². The van der Waals surface area contributed by atoms with Crippen LogP contribution in [0.2, 0.25) is 0 Å². The molecule has 7 nitrogen and oxygen atoms in total. The lowest BCUT2D eigenvalue weighted by Crippen LogP contribution is -2.23. The number of methoxy groups -OCH3 is 1. The lowest BCUT2D eigenvalue weighted by molar-refractivity contribution is 0.0950. The van der Waals surface area contributed by atoms with E-state index in [-0.39, 0.29) is 5.91 Å². The average molecular weight is 392 g/mol. The Kier molecular flexibility index (Phi) is 7.00. The average Bonchev–Trinajstić information content (AvgIpc) is 2.77. The molecule has 0 radical (unpaired) electrons. The molecule has 0 spiro atoms. The van der Waals surface area contributed by atoms with Crippen LogP contribution in [0.25, 0.3) is 0 Å². The molecule has 150 valence electrons. The Hall–Kier alpha value is -3.61. The molecule has 2 N–H and O–H groups in total. The van der Waals surface area contributed by atoms with Gasteiger partial charge in [0.2, 0.25) is 5.95 Å². The summed E-state index contributed by atoms with van der Waals surface area (Å²) >= 11 is 0. The number of nitrogens with zero attached hydrogens (tertiary/aromatic N) is 2. The number of aryl methyl sites for hydroxylation is 1. The van der Waals surface area contributed by atoms with Crippen LogP contribution in [0.4, 0.5) is 5.95 Å². The van der Waals surface area contributed by atoms with E-state index >= 15 is 0 Å². The van der Waals surface area contributed by atoms with Gasteiger partial charge in [-0.3, -0.25) is 4.79 Å². The smallest absolute Gasteiger partial charge is 0.254 e. The number of aromatic nitrogens is 2. The van der Waals surface area contributed by atoms with E-state index < -0.39 is 0 Å². The van der Waals surface area contributed by atoms with Crippen LogP contribution in [-0.4, -0.2) is 36.1 Å². The molecule has 0 atom stereocenters. The third-order valence-corrected chi connectivity index (χ3v) is 4.20. The SMILES string of the molecule is COc1ccc(OCCNc2ncc(C(=O)NCc3ccc(C)cc3)cn2)cc1. The Bertz CT molecular complexity index is 910. The Morgan fingerprint density at radius 2 is 1.62 bits per heavy atom. The highest BCUT2D eigenvalue weighted by Crippen LogP contribution is 2.16. The van der Waals surface area contributed by atoms with Gasteiger partial charge in [0.15, 0.2) is 0 Å². The maximum atomic E-state index is 12.2. The lowest BCUT2D eigenvalue weighted by Gasteiger charge is -2.09. The van der Waals surface area contributed by atoms with Gasteiger partial charge in [0.1, 0.15) is 18.1 Å². The van der Waals surface area contributed by atoms with Crippen LogP contribution < -0.4 is 20.1 Å². The van der Waals surface area contributed by atoms with Crippen molar-refractivity contribution in [1.29, 1.82) is 0 Å². The fraction of sp³-hybridized carbons (Fsp3) is 0.227. The van der Waals surface area contributed by atoms with E-state index in [1.807, 2.05) is 55.5 Å². The predicted molar refractivity (Wildman–Crippen MR) is 111 cm³/mol. The first-order chi connectivity index (χ1) is 14.1. The molecular weight excluding hydrogens is 368 g/mol. The number of nitrogens with one attached hydrogen (secondary N) is 2. The molecule has 2 aromatic carbocycles. The molecule has 3 rings (SSSR count). The molecule has 0 aliphatic heterocycles. The van der Waals surface area contributed by atoms with Crippen molar-refractivity contribution >= 4 is 11.9 Å². The van der Waals surface area contributed by atoms with Gasteiger partial charge in [-0.15, -0.1) is 0 Å². The zero-order valence-electron chi connectivity index (χ0n) is 16.5. The van der Waals surface area contributed by atoms with Gasteiger partial charge in [-0.05, 0) is 36.8 Å². The number of amides is 1. The minimum atomic E-state index is -0.208. The standard InChI is InChI=1S/C22H24N4O3/c1-16-3-5-17(6-4-16)13-24-21(27)18-14-25-22(26-15-18)23-11-12-29-20-9-7-19(28-2)8-10-20/h3-10,14-15H,11-13H2,1-2H3,(H,24,27)(H,23,25,26). The second kappa shape index (κ2) is 10.1. The maximum Gasteiger partial charge on any atom is 0.254 e. The summed E-state index contributed by atoms with van der Waals surface area (Å²) in [5.74, 6) is 1.78. The van der Waals surface area contributed by atoms with E-state index in [9.17, 15) is 4.79 Å². The van der Waals surface area contributed by atoms with Gasteiger partial charge in [0.05, 0.1) is 19.2 Å². The number of rotatable bonds is 9. The molecule has 7 heteroatoms. The van der Waals surface area contributed by atoms with Gasteiger partial charge in [-0.2, -0.15) is 0 Å². The molecule has 0 aliphatic carbocycles. The maximum absolute atomic E-state index is 12.2. The normalized spacial score (nSPS) is 10.3. The van der Waals surface area contributed by atoms with E-state index in [2.05, 4.69) is 20.6 Å². The van der Waals surface area contributed by atoms with Crippen LogP contribution in [0.15, 0.2) is 60.9 Å². The predicted octanol–water partition coefficient (Wildman–Crippen LogP) is 3.21. The zero-order chi connectivity index (χ0) is 20.5. The minimum absolute atomic E-state index is 0.208. The molecule has 29 heavy (non-hydrogen) atoms. The molecule has 3 aromatic rings. The fourth-order valence-electron chi connectivity index (χ4n) is 2.53. The lowest BCUT2D eigenvalue weighted by atomic mass is 10.1. The summed E-state index contributed by atoms with van der Waals surface area (Å²) in [5.41, 5.74) is 2.64. The number of benzene rings is 2. The molecule has 0 saturated carbocycles. The molecule has 0 fully saturated rings. The van der Waals surface area contributed by atoms with Crippen molar-refractivity contribution in [2.24, 2.45) is 0 Å².